The summed E-state index contributed by atoms with van der Waals surface area (Å²) in [6.45, 7) is 0.461. The van der Waals surface area contributed by atoms with Crippen LogP contribution in [-0.2, 0) is 11.3 Å². The number of carbonyl (C=O) groups is 1. The summed E-state index contributed by atoms with van der Waals surface area (Å²) < 4.78 is 0. The lowest BCUT2D eigenvalue weighted by molar-refractivity contribution is -0.120. The third-order valence-electron chi connectivity index (χ3n) is 2.16. The Kier molecular flexibility index (Phi) is 4.34. The highest BCUT2D eigenvalue weighted by atomic mass is 16.1. The van der Waals surface area contributed by atoms with Crippen molar-refractivity contribution in [1.82, 2.24) is 5.32 Å². The van der Waals surface area contributed by atoms with E-state index in [1.54, 1.807) is 0 Å². The Labute approximate surface area is 95.5 Å². The maximum Gasteiger partial charge on any atom is 0.234 e. The van der Waals surface area contributed by atoms with Crippen LogP contribution in [0.2, 0.25) is 0 Å². The van der Waals surface area contributed by atoms with Gasteiger partial charge in [-0.15, -0.1) is 0 Å². The van der Waals surface area contributed by atoms with Gasteiger partial charge in [0.25, 0.3) is 0 Å². The molecule has 0 aliphatic rings. The van der Waals surface area contributed by atoms with E-state index in [1.807, 2.05) is 49.3 Å². The SMILES string of the molecule is CN(C)c1cccc(CNC(=O)CC#N)c1. The van der Waals surface area contributed by atoms with Crippen LogP contribution in [0.1, 0.15) is 12.0 Å². The van der Waals surface area contributed by atoms with Crippen molar-refractivity contribution in [2.24, 2.45) is 0 Å². The van der Waals surface area contributed by atoms with Crippen molar-refractivity contribution in [3.63, 3.8) is 0 Å². The molecule has 0 saturated heterocycles. The molecule has 0 radical (unpaired) electrons. The number of nitriles is 1. The van der Waals surface area contributed by atoms with E-state index in [0.29, 0.717) is 6.54 Å². The monoisotopic (exact) mass is 217 g/mol. The summed E-state index contributed by atoms with van der Waals surface area (Å²) in [7, 11) is 3.93. The molecule has 0 spiro atoms. The Bertz CT molecular complexity index is 407. The Balaban J connectivity index is 2.58. The van der Waals surface area contributed by atoms with Crippen molar-refractivity contribution in [3.05, 3.63) is 29.8 Å². The first-order valence-electron chi connectivity index (χ1n) is 5.03. The number of rotatable bonds is 4. The van der Waals surface area contributed by atoms with Gasteiger partial charge in [-0.3, -0.25) is 4.79 Å². The maximum atomic E-state index is 11.1. The van der Waals surface area contributed by atoms with Crippen molar-refractivity contribution in [2.75, 3.05) is 19.0 Å². The first kappa shape index (κ1) is 12.1. The molecule has 0 heterocycles. The van der Waals surface area contributed by atoms with Crippen LogP contribution in [0.4, 0.5) is 5.69 Å². The minimum absolute atomic E-state index is 0.0899. The van der Waals surface area contributed by atoms with Crippen LogP contribution in [-0.4, -0.2) is 20.0 Å². The summed E-state index contributed by atoms with van der Waals surface area (Å²) in [6.07, 6.45) is -0.0899. The summed E-state index contributed by atoms with van der Waals surface area (Å²) in [5.74, 6) is -0.238. The summed E-state index contributed by atoms with van der Waals surface area (Å²) >= 11 is 0. The molecular formula is C12H15N3O. The van der Waals surface area contributed by atoms with Crippen LogP contribution in [0, 0.1) is 11.3 Å². The van der Waals surface area contributed by atoms with E-state index in [9.17, 15) is 4.79 Å². The molecule has 0 aromatic heterocycles. The molecule has 0 bridgehead atoms. The van der Waals surface area contributed by atoms with Crippen molar-refractivity contribution in [1.29, 1.82) is 5.26 Å². The molecule has 0 aliphatic carbocycles. The standard InChI is InChI=1S/C12H15N3O/c1-15(2)11-5-3-4-10(8-11)9-14-12(16)6-7-13/h3-5,8H,6,9H2,1-2H3,(H,14,16). The summed E-state index contributed by atoms with van der Waals surface area (Å²) in [4.78, 5) is 13.1. The van der Waals surface area contributed by atoms with Crippen molar-refractivity contribution in [2.45, 2.75) is 13.0 Å². The zero-order valence-electron chi connectivity index (χ0n) is 9.53. The molecule has 4 heteroatoms. The zero-order chi connectivity index (χ0) is 12.0. The molecule has 84 valence electrons. The van der Waals surface area contributed by atoms with Crippen LogP contribution >= 0.6 is 0 Å². The topological polar surface area (TPSA) is 56.1 Å². The molecule has 16 heavy (non-hydrogen) atoms. The zero-order valence-corrected chi connectivity index (χ0v) is 9.53. The smallest absolute Gasteiger partial charge is 0.234 e. The van der Waals surface area contributed by atoms with E-state index in [1.165, 1.54) is 0 Å². The van der Waals surface area contributed by atoms with E-state index >= 15 is 0 Å². The molecule has 0 atom stereocenters. The number of carbonyl (C=O) groups excluding carboxylic acids is 1. The van der Waals surface area contributed by atoms with E-state index in [0.717, 1.165) is 11.3 Å². The van der Waals surface area contributed by atoms with Crippen molar-refractivity contribution in [3.8, 4) is 6.07 Å². The fourth-order valence-electron chi connectivity index (χ4n) is 1.28. The van der Waals surface area contributed by atoms with Gasteiger partial charge in [0.05, 0.1) is 6.07 Å². The molecule has 0 unspecified atom stereocenters. The normalized spacial score (nSPS) is 9.31. The number of anilines is 1. The second-order valence-corrected chi connectivity index (χ2v) is 3.68. The molecule has 1 N–H and O–H groups in total. The first-order chi connectivity index (χ1) is 7.63. The van der Waals surface area contributed by atoms with Crippen LogP contribution in [0.3, 0.4) is 0 Å². The molecular weight excluding hydrogens is 202 g/mol. The lowest BCUT2D eigenvalue weighted by Crippen LogP contribution is -2.22. The average Bonchev–Trinajstić information content (AvgIpc) is 2.27. The average molecular weight is 217 g/mol. The van der Waals surface area contributed by atoms with Gasteiger partial charge in [0, 0.05) is 26.3 Å². The minimum Gasteiger partial charge on any atom is -0.378 e. The van der Waals surface area contributed by atoms with Gasteiger partial charge < -0.3 is 10.2 Å². The van der Waals surface area contributed by atoms with E-state index < -0.39 is 0 Å². The summed E-state index contributed by atoms with van der Waals surface area (Å²) in [5.41, 5.74) is 2.12. The van der Waals surface area contributed by atoms with E-state index in [-0.39, 0.29) is 12.3 Å². The summed E-state index contributed by atoms with van der Waals surface area (Å²) in [5, 5.41) is 11.0. The fraction of sp³-hybridized carbons (Fsp3) is 0.333. The minimum atomic E-state index is -0.238. The molecule has 1 rings (SSSR count). The molecule has 1 aromatic rings. The van der Waals surface area contributed by atoms with Gasteiger partial charge in [-0.2, -0.15) is 5.26 Å². The highest BCUT2D eigenvalue weighted by Crippen LogP contribution is 2.12. The first-order valence-corrected chi connectivity index (χ1v) is 5.03. The Hall–Kier alpha value is -2.02. The molecule has 0 aliphatic heterocycles. The van der Waals surface area contributed by atoms with Crippen LogP contribution in [0.15, 0.2) is 24.3 Å². The number of nitrogens with zero attached hydrogens (tertiary/aromatic N) is 2. The number of hydrogen-bond acceptors (Lipinski definition) is 3. The van der Waals surface area contributed by atoms with E-state index in [4.69, 9.17) is 5.26 Å². The third-order valence-corrected chi connectivity index (χ3v) is 2.16. The van der Waals surface area contributed by atoms with Gasteiger partial charge in [0.15, 0.2) is 0 Å². The fourth-order valence-corrected chi connectivity index (χ4v) is 1.28. The second kappa shape index (κ2) is 5.76. The van der Waals surface area contributed by atoms with Crippen molar-refractivity contribution < 1.29 is 4.79 Å². The van der Waals surface area contributed by atoms with Gasteiger partial charge in [0.2, 0.25) is 5.91 Å². The largest absolute Gasteiger partial charge is 0.378 e. The predicted octanol–water partition coefficient (Wildman–Crippen LogP) is 1.28. The van der Waals surface area contributed by atoms with Crippen LogP contribution in [0.5, 0.6) is 0 Å². The number of amides is 1. The highest BCUT2D eigenvalue weighted by Gasteiger charge is 2.01. The van der Waals surface area contributed by atoms with Gasteiger partial charge >= 0.3 is 0 Å². The Morgan fingerprint density at radius 1 is 1.50 bits per heavy atom. The Morgan fingerprint density at radius 3 is 2.88 bits per heavy atom. The number of nitrogens with one attached hydrogen (secondary N) is 1. The van der Waals surface area contributed by atoms with Gasteiger partial charge in [0.1, 0.15) is 6.42 Å². The third kappa shape index (κ3) is 3.62. The molecule has 4 nitrogen and oxygen atoms in total. The second-order valence-electron chi connectivity index (χ2n) is 3.68. The van der Waals surface area contributed by atoms with Crippen LogP contribution in [0.25, 0.3) is 0 Å². The molecule has 1 aromatic carbocycles. The molecule has 1 amide bonds. The molecule has 0 fully saturated rings. The number of hydrogen-bond donors (Lipinski definition) is 1. The van der Waals surface area contributed by atoms with E-state index in [2.05, 4.69) is 5.32 Å². The number of benzene rings is 1. The van der Waals surface area contributed by atoms with Crippen molar-refractivity contribution >= 4 is 11.6 Å². The predicted molar refractivity (Wildman–Crippen MR) is 62.8 cm³/mol. The lowest BCUT2D eigenvalue weighted by Gasteiger charge is -2.13. The van der Waals surface area contributed by atoms with Gasteiger partial charge in [-0.1, -0.05) is 12.1 Å². The Morgan fingerprint density at radius 2 is 2.25 bits per heavy atom. The molecule has 0 saturated carbocycles. The van der Waals surface area contributed by atoms with Gasteiger partial charge in [-0.25, -0.2) is 0 Å². The van der Waals surface area contributed by atoms with Gasteiger partial charge in [-0.05, 0) is 17.7 Å². The maximum absolute atomic E-state index is 11.1. The highest BCUT2D eigenvalue weighted by molar-refractivity contribution is 5.77. The lowest BCUT2D eigenvalue weighted by atomic mass is 10.2. The quantitative estimate of drug-likeness (QED) is 0.826. The van der Waals surface area contributed by atoms with Crippen LogP contribution < -0.4 is 10.2 Å². The summed E-state index contributed by atoms with van der Waals surface area (Å²) in [6, 6.07) is 9.71.